The molecule has 0 spiro atoms. The molecule has 0 aromatic heterocycles. The number of unbranched alkanes of at least 4 members (excludes halogenated alkanes) is 4. The van der Waals surface area contributed by atoms with Crippen LogP contribution in [0.1, 0.15) is 51.9 Å². The summed E-state index contributed by atoms with van der Waals surface area (Å²) in [5.74, 6) is 0.763. The van der Waals surface area contributed by atoms with Crippen LogP contribution in [0, 0.1) is 5.92 Å². The summed E-state index contributed by atoms with van der Waals surface area (Å²) in [5.41, 5.74) is 5.63. The van der Waals surface area contributed by atoms with Crippen molar-refractivity contribution in [1.29, 1.82) is 0 Å². The summed E-state index contributed by atoms with van der Waals surface area (Å²) in [6.07, 6.45) is 11.1. The van der Waals surface area contributed by atoms with Gasteiger partial charge in [0.2, 0.25) is 0 Å². The van der Waals surface area contributed by atoms with Crippen molar-refractivity contribution in [3.05, 3.63) is 12.7 Å². The zero-order valence-corrected chi connectivity index (χ0v) is 9.10. The summed E-state index contributed by atoms with van der Waals surface area (Å²) in [4.78, 5) is 0. The van der Waals surface area contributed by atoms with Gasteiger partial charge in [0.15, 0.2) is 0 Å². The lowest BCUT2D eigenvalue weighted by Crippen LogP contribution is -2.12. The van der Waals surface area contributed by atoms with Gasteiger partial charge in [-0.25, -0.2) is 0 Å². The summed E-state index contributed by atoms with van der Waals surface area (Å²) in [6.45, 7) is 6.81. The van der Waals surface area contributed by atoms with Crippen molar-refractivity contribution < 1.29 is 0 Å². The Kier molecular flexibility index (Phi) is 9.56. The Morgan fingerprint density at radius 1 is 1.23 bits per heavy atom. The first-order valence-electron chi connectivity index (χ1n) is 5.66. The van der Waals surface area contributed by atoms with E-state index in [2.05, 4.69) is 13.5 Å². The molecule has 0 radical (unpaired) electrons. The number of rotatable bonds is 9. The van der Waals surface area contributed by atoms with Gasteiger partial charge < -0.3 is 5.73 Å². The van der Waals surface area contributed by atoms with E-state index >= 15 is 0 Å². The molecule has 1 unspecified atom stereocenters. The van der Waals surface area contributed by atoms with E-state index in [4.69, 9.17) is 5.73 Å². The molecule has 0 aliphatic heterocycles. The Balaban J connectivity index is 3.09. The van der Waals surface area contributed by atoms with Crippen LogP contribution < -0.4 is 5.73 Å². The number of hydrogen-bond acceptors (Lipinski definition) is 1. The zero-order valence-electron chi connectivity index (χ0n) is 9.10. The predicted octanol–water partition coefficient (Wildman–Crippen LogP) is 3.50. The maximum absolute atomic E-state index is 5.63. The van der Waals surface area contributed by atoms with Gasteiger partial charge in [-0.3, -0.25) is 0 Å². The fourth-order valence-corrected chi connectivity index (χ4v) is 1.56. The van der Waals surface area contributed by atoms with Gasteiger partial charge in [0.25, 0.3) is 0 Å². The molecule has 1 atom stereocenters. The molecule has 78 valence electrons. The smallest absolute Gasteiger partial charge is 0.00490 e. The topological polar surface area (TPSA) is 26.0 Å². The van der Waals surface area contributed by atoms with Gasteiger partial charge in [0, 0.05) is 0 Å². The summed E-state index contributed by atoms with van der Waals surface area (Å²) < 4.78 is 0. The molecule has 0 heterocycles. The van der Waals surface area contributed by atoms with Crippen LogP contribution >= 0.6 is 0 Å². The first-order valence-corrected chi connectivity index (χ1v) is 5.66. The van der Waals surface area contributed by atoms with Crippen LogP contribution in [0.5, 0.6) is 0 Å². The minimum Gasteiger partial charge on any atom is -0.330 e. The maximum atomic E-state index is 5.63. The van der Waals surface area contributed by atoms with E-state index in [0.717, 1.165) is 12.5 Å². The average molecular weight is 183 g/mol. The molecule has 0 rings (SSSR count). The average Bonchev–Trinajstić information content (AvgIpc) is 2.17. The lowest BCUT2D eigenvalue weighted by atomic mass is 9.98. The van der Waals surface area contributed by atoms with Crippen LogP contribution in [0.2, 0.25) is 0 Å². The maximum Gasteiger partial charge on any atom is -0.00490 e. The van der Waals surface area contributed by atoms with Gasteiger partial charge in [0.1, 0.15) is 0 Å². The third-order valence-electron chi connectivity index (χ3n) is 2.68. The van der Waals surface area contributed by atoms with Crippen molar-refractivity contribution in [1.82, 2.24) is 0 Å². The van der Waals surface area contributed by atoms with Gasteiger partial charge in [-0.15, -0.1) is 6.58 Å². The molecule has 13 heavy (non-hydrogen) atoms. The van der Waals surface area contributed by atoms with Crippen LogP contribution in [-0.2, 0) is 0 Å². The second-order valence-electron chi connectivity index (χ2n) is 3.79. The third-order valence-corrected chi connectivity index (χ3v) is 2.68. The summed E-state index contributed by atoms with van der Waals surface area (Å²) >= 11 is 0. The van der Waals surface area contributed by atoms with Crippen molar-refractivity contribution in [3.8, 4) is 0 Å². The normalized spacial score (nSPS) is 12.8. The first-order chi connectivity index (χ1) is 6.35. The lowest BCUT2D eigenvalue weighted by molar-refractivity contribution is 0.449. The van der Waals surface area contributed by atoms with Crippen LogP contribution in [-0.4, -0.2) is 6.54 Å². The molecule has 0 amide bonds. The van der Waals surface area contributed by atoms with E-state index in [1.54, 1.807) is 0 Å². The van der Waals surface area contributed by atoms with Crippen LogP contribution in [0.15, 0.2) is 12.7 Å². The van der Waals surface area contributed by atoms with Gasteiger partial charge in [0.05, 0.1) is 0 Å². The van der Waals surface area contributed by atoms with Gasteiger partial charge in [-0.2, -0.15) is 0 Å². The van der Waals surface area contributed by atoms with E-state index in [-0.39, 0.29) is 0 Å². The van der Waals surface area contributed by atoms with E-state index in [9.17, 15) is 0 Å². The summed E-state index contributed by atoms with van der Waals surface area (Å²) in [6, 6.07) is 0. The van der Waals surface area contributed by atoms with Crippen LogP contribution in [0.4, 0.5) is 0 Å². The first kappa shape index (κ1) is 12.7. The highest BCUT2D eigenvalue weighted by molar-refractivity contribution is 4.65. The minimum atomic E-state index is 0.763. The van der Waals surface area contributed by atoms with Crippen LogP contribution in [0.25, 0.3) is 0 Å². The Morgan fingerprint density at radius 2 is 1.92 bits per heavy atom. The van der Waals surface area contributed by atoms with E-state index in [1.165, 1.54) is 44.9 Å². The molecule has 0 aliphatic rings. The van der Waals surface area contributed by atoms with Crippen molar-refractivity contribution in [3.63, 3.8) is 0 Å². The molecular formula is C12H25N. The molecular weight excluding hydrogens is 158 g/mol. The Labute approximate surface area is 83.4 Å². The standard InChI is InChI=1S/C12H25N/c1-3-5-6-7-8-9-10-12(4-2)11-13/h3,12H,1,4-11,13H2,2H3. The Morgan fingerprint density at radius 3 is 2.46 bits per heavy atom. The Bertz CT molecular complexity index is 106. The molecule has 0 saturated heterocycles. The fourth-order valence-electron chi connectivity index (χ4n) is 1.56. The number of nitrogens with two attached hydrogens (primary N) is 1. The highest BCUT2D eigenvalue weighted by Gasteiger charge is 2.02. The van der Waals surface area contributed by atoms with Gasteiger partial charge in [-0.05, 0) is 31.7 Å². The quantitative estimate of drug-likeness (QED) is 0.430. The molecule has 0 aromatic carbocycles. The number of hydrogen-bond donors (Lipinski definition) is 1. The second kappa shape index (κ2) is 9.79. The van der Waals surface area contributed by atoms with Gasteiger partial charge >= 0.3 is 0 Å². The minimum absolute atomic E-state index is 0.763. The van der Waals surface area contributed by atoms with E-state index in [0.29, 0.717) is 0 Å². The molecule has 0 fully saturated rings. The molecule has 0 bridgehead atoms. The van der Waals surface area contributed by atoms with Crippen LogP contribution in [0.3, 0.4) is 0 Å². The van der Waals surface area contributed by atoms with Crippen molar-refractivity contribution in [2.45, 2.75) is 51.9 Å². The van der Waals surface area contributed by atoms with E-state index in [1.807, 2.05) is 6.08 Å². The SMILES string of the molecule is C=CCCCCCCC(CC)CN. The molecule has 0 aromatic rings. The largest absolute Gasteiger partial charge is 0.330 e. The second-order valence-corrected chi connectivity index (χ2v) is 3.79. The van der Waals surface area contributed by atoms with E-state index < -0.39 is 0 Å². The summed E-state index contributed by atoms with van der Waals surface area (Å²) in [5, 5.41) is 0. The molecule has 0 saturated carbocycles. The highest BCUT2D eigenvalue weighted by atomic mass is 14.5. The third kappa shape index (κ3) is 8.04. The monoisotopic (exact) mass is 183 g/mol. The highest BCUT2D eigenvalue weighted by Crippen LogP contribution is 2.13. The van der Waals surface area contributed by atoms with Gasteiger partial charge in [-0.1, -0.05) is 38.7 Å². The predicted molar refractivity (Wildman–Crippen MR) is 60.7 cm³/mol. The molecule has 1 heteroatoms. The van der Waals surface area contributed by atoms with Crippen molar-refractivity contribution in [2.75, 3.05) is 6.54 Å². The molecule has 2 N–H and O–H groups in total. The fraction of sp³-hybridized carbons (Fsp3) is 0.833. The molecule has 0 aliphatic carbocycles. The van der Waals surface area contributed by atoms with Crippen molar-refractivity contribution >= 4 is 0 Å². The lowest BCUT2D eigenvalue weighted by Gasteiger charge is -2.10. The van der Waals surface area contributed by atoms with Crippen molar-refractivity contribution in [2.24, 2.45) is 11.7 Å². The number of allylic oxidation sites excluding steroid dienone is 1. The Hall–Kier alpha value is -0.300. The zero-order chi connectivity index (χ0) is 9.94. The molecule has 1 nitrogen and oxygen atoms in total. The summed E-state index contributed by atoms with van der Waals surface area (Å²) in [7, 11) is 0.